The lowest BCUT2D eigenvalue weighted by Gasteiger charge is -2.17. The van der Waals surface area contributed by atoms with Crippen LogP contribution in [0.2, 0.25) is 0 Å². The molecule has 0 spiro atoms. The molecule has 1 aliphatic heterocycles. The molecule has 1 heterocycles. The molecule has 0 saturated carbocycles. The molecular weight excluding hydrogens is 266 g/mol. The summed E-state index contributed by atoms with van der Waals surface area (Å²) in [5.41, 5.74) is 0.684. The van der Waals surface area contributed by atoms with Gasteiger partial charge in [0.1, 0.15) is 0 Å². The lowest BCUT2D eigenvalue weighted by Crippen LogP contribution is -2.27. The number of hydrogen-bond donors (Lipinski definition) is 0. The molecule has 0 aromatic heterocycles. The van der Waals surface area contributed by atoms with Gasteiger partial charge in [-0.3, -0.25) is 4.79 Å². The van der Waals surface area contributed by atoms with E-state index < -0.39 is 0 Å². The largest absolute Gasteiger partial charge is 0.490 e. The van der Waals surface area contributed by atoms with Crippen molar-refractivity contribution in [3.63, 3.8) is 0 Å². The molecule has 0 bridgehead atoms. The molecule has 21 heavy (non-hydrogen) atoms. The number of benzene rings is 1. The second-order valence-electron chi connectivity index (χ2n) is 5.30. The highest BCUT2D eigenvalue weighted by Gasteiger charge is 2.20. The number of carbonyl (C=O) groups excluding carboxylic acids is 1. The van der Waals surface area contributed by atoms with Gasteiger partial charge < -0.3 is 14.4 Å². The Labute approximate surface area is 127 Å². The molecule has 2 rings (SSSR count). The Morgan fingerprint density at radius 2 is 1.90 bits per heavy atom. The molecule has 4 heteroatoms. The van der Waals surface area contributed by atoms with Crippen molar-refractivity contribution >= 4 is 5.91 Å². The van der Waals surface area contributed by atoms with Gasteiger partial charge in [0.25, 0.3) is 5.91 Å². The molecule has 1 aromatic rings. The summed E-state index contributed by atoms with van der Waals surface area (Å²) < 4.78 is 11.4. The van der Waals surface area contributed by atoms with Gasteiger partial charge in [0.15, 0.2) is 11.5 Å². The molecule has 1 saturated heterocycles. The van der Waals surface area contributed by atoms with Crippen molar-refractivity contribution < 1.29 is 14.3 Å². The zero-order valence-corrected chi connectivity index (χ0v) is 13.1. The summed E-state index contributed by atoms with van der Waals surface area (Å²) in [6, 6.07) is 5.50. The highest BCUT2D eigenvalue weighted by atomic mass is 16.5. The van der Waals surface area contributed by atoms with Crippen molar-refractivity contribution in [2.45, 2.75) is 39.5 Å². The Hall–Kier alpha value is -1.71. The van der Waals surface area contributed by atoms with Crippen molar-refractivity contribution in [3.05, 3.63) is 23.8 Å². The molecule has 116 valence electrons. The maximum atomic E-state index is 12.4. The fourth-order valence-corrected chi connectivity index (χ4v) is 2.46. The molecule has 0 unspecified atom stereocenters. The Morgan fingerprint density at radius 1 is 1.14 bits per heavy atom. The maximum Gasteiger partial charge on any atom is 0.253 e. The topological polar surface area (TPSA) is 38.8 Å². The minimum Gasteiger partial charge on any atom is -0.490 e. The number of rotatable bonds is 7. The zero-order valence-electron chi connectivity index (χ0n) is 13.1. The molecule has 0 atom stereocenters. The van der Waals surface area contributed by atoms with E-state index in [1.54, 1.807) is 0 Å². The van der Waals surface area contributed by atoms with Gasteiger partial charge in [-0.15, -0.1) is 0 Å². The smallest absolute Gasteiger partial charge is 0.253 e. The molecular formula is C17H25NO3. The van der Waals surface area contributed by atoms with Crippen molar-refractivity contribution in [1.29, 1.82) is 0 Å². The van der Waals surface area contributed by atoms with Crippen LogP contribution in [0, 0.1) is 0 Å². The fourth-order valence-electron chi connectivity index (χ4n) is 2.46. The monoisotopic (exact) mass is 291 g/mol. The van der Waals surface area contributed by atoms with Crippen LogP contribution in [0.3, 0.4) is 0 Å². The van der Waals surface area contributed by atoms with Crippen molar-refractivity contribution in [2.75, 3.05) is 26.3 Å². The number of hydrogen-bond acceptors (Lipinski definition) is 3. The number of carbonyl (C=O) groups is 1. The first kappa shape index (κ1) is 15.7. The van der Waals surface area contributed by atoms with Crippen LogP contribution in [0.15, 0.2) is 18.2 Å². The van der Waals surface area contributed by atoms with Crippen LogP contribution in [-0.4, -0.2) is 37.1 Å². The Morgan fingerprint density at radius 3 is 2.57 bits per heavy atom. The van der Waals surface area contributed by atoms with Crippen LogP contribution in [0.4, 0.5) is 0 Å². The lowest BCUT2D eigenvalue weighted by molar-refractivity contribution is 0.0792. The predicted octanol–water partition coefficient (Wildman–Crippen LogP) is 3.50. The Kier molecular flexibility index (Phi) is 5.90. The van der Waals surface area contributed by atoms with E-state index in [-0.39, 0.29) is 5.91 Å². The van der Waals surface area contributed by atoms with Crippen molar-refractivity contribution in [3.8, 4) is 11.5 Å². The Bertz CT molecular complexity index is 467. The van der Waals surface area contributed by atoms with Crippen LogP contribution in [0.1, 0.15) is 49.9 Å². The third-order valence-electron chi connectivity index (χ3n) is 3.64. The van der Waals surface area contributed by atoms with Crippen LogP contribution in [0.5, 0.6) is 11.5 Å². The van der Waals surface area contributed by atoms with E-state index >= 15 is 0 Å². The molecule has 0 N–H and O–H groups in total. The predicted molar refractivity (Wildman–Crippen MR) is 83.2 cm³/mol. The van der Waals surface area contributed by atoms with Gasteiger partial charge in [0.05, 0.1) is 13.2 Å². The average Bonchev–Trinajstić information content (AvgIpc) is 3.02. The van der Waals surface area contributed by atoms with E-state index in [0.717, 1.165) is 44.5 Å². The van der Waals surface area contributed by atoms with Crippen LogP contribution in [-0.2, 0) is 0 Å². The molecule has 1 aromatic carbocycles. The van der Waals surface area contributed by atoms with Gasteiger partial charge in [0, 0.05) is 18.7 Å². The van der Waals surface area contributed by atoms with E-state index in [4.69, 9.17) is 9.47 Å². The minimum absolute atomic E-state index is 0.0913. The highest BCUT2D eigenvalue weighted by molar-refractivity contribution is 5.95. The molecule has 1 amide bonds. The lowest BCUT2D eigenvalue weighted by atomic mass is 10.1. The highest BCUT2D eigenvalue weighted by Crippen LogP contribution is 2.29. The molecule has 1 fully saturated rings. The SMILES string of the molecule is CCCCOc1ccc(C(=O)N2CCCC2)cc1OCC. The van der Waals surface area contributed by atoms with Crippen LogP contribution < -0.4 is 9.47 Å². The number of unbranched alkanes of at least 4 members (excludes halogenated alkanes) is 1. The van der Waals surface area contributed by atoms with E-state index in [2.05, 4.69) is 6.92 Å². The number of amides is 1. The minimum atomic E-state index is 0.0913. The number of ether oxygens (including phenoxy) is 2. The summed E-state index contributed by atoms with van der Waals surface area (Å²) in [4.78, 5) is 14.3. The van der Waals surface area contributed by atoms with E-state index in [1.807, 2.05) is 30.0 Å². The standard InChI is InChI=1S/C17H25NO3/c1-3-5-12-21-15-9-8-14(13-16(15)20-4-2)17(19)18-10-6-7-11-18/h8-9,13H,3-7,10-12H2,1-2H3. The summed E-state index contributed by atoms with van der Waals surface area (Å²) in [7, 11) is 0. The normalized spacial score (nSPS) is 14.3. The summed E-state index contributed by atoms with van der Waals surface area (Å²) in [5.74, 6) is 1.48. The average molecular weight is 291 g/mol. The summed E-state index contributed by atoms with van der Waals surface area (Å²) in [5, 5.41) is 0. The molecule has 4 nitrogen and oxygen atoms in total. The zero-order chi connectivity index (χ0) is 15.1. The summed E-state index contributed by atoms with van der Waals surface area (Å²) in [6.07, 6.45) is 4.31. The number of likely N-dealkylation sites (tertiary alicyclic amines) is 1. The molecule has 1 aliphatic rings. The Balaban J connectivity index is 2.12. The quantitative estimate of drug-likeness (QED) is 0.722. The fraction of sp³-hybridized carbons (Fsp3) is 0.588. The molecule has 0 radical (unpaired) electrons. The van der Waals surface area contributed by atoms with Gasteiger partial charge in [-0.2, -0.15) is 0 Å². The van der Waals surface area contributed by atoms with Crippen LogP contribution >= 0.6 is 0 Å². The van der Waals surface area contributed by atoms with Gasteiger partial charge in [0.2, 0.25) is 0 Å². The van der Waals surface area contributed by atoms with E-state index in [9.17, 15) is 4.79 Å². The second kappa shape index (κ2) is 7.91. The van der Waals surface area contributed by atoms with E-state index in [1.165, 1.54) is 0 Å². The third kappa shape index (κ3) is 4.13. The number of nitrogens with zero attached hydrogens (tertiary/aromatic N) is 1. The van der Waals surface area contributed by atoms with E-state index in [0.29, 0.717) is 24.5 Å². The van der Waals surface area contributed by atoms with Gasteiger partial charge in [-0.1, -0.05) is 13.3 Å². The first-order valence-corrected chi connectivity index (χ1v) is 7.95. The second-order valence-corrected chi connectivity index (χ2v) is 5.30. The van der Waals surface area contributed by atoms with Crippen LogP contribution in [0.25, 0.3) is 0 Å². The van der Waals surface area contributed by atoms with Gasteiger partial charge in [-0.25, -0.2) is 0 Å². The van der Waals surface area contributed by atoms with Crippen molar-refractivity contribution in [1.82, 2.24) is 4.90 Å². The summed E-state index contributed by atoms with van der Waals surface area (Å²) >= 11 is 0. The maximum absolute atomic E-state index is 12.4. The summed E-state index contributed by atoms with van der Waals surface area (Å²) in [6.45, 7) is 7.02. The third-order valence-corrected chi connectivity index (χ3v) is 3.64. The molecule has 0 aliphatic carbocycles. The van der Waals surface area contributed by atoms with Gasteiger partial charge >= 0.3 is 0 Å². The first-order chi connectivity index (χ1) is 10.3. The van der Waals surface area contributed by atoms with Crippen molar-refractivity contribution in [2.24, 2.45) is 0 Å². The first-order valence-electron chi connectivity index (χ1n) is 7.95. The van der Waals surface area contributed by atoms with Gasteiger partial charge in [-0.05, 0) is 44.4 Å².